The zero-order valence-electron chi connectivity index (χ0n) is 24.3. The van der Waals surface area contributed by atoms with Gasteiger partial charge in [0, 0.05) is 22.3 Å². The highest BCUT2D eigenvalue weighted by Crippen LogP contribution is 2.39. The third-order valence-corrected chi connectivity index (χ3v) is 12.1. The van der Waals surface area contributed by atoms with Gasteiger partial charge in [0.1, 0.15) is 11.4 Å². The molecule has 0 radical (unpaired) electrons. The summed E-state index contributed by atoms with van der Waals surface area (Å²) in [5.41, 5.74) is 3.03. The second kappa shape index (κ2) is 13.0. The van der Waals surface area contributed by atoms with Crippen molar-refractivity contribution in [2.75, 3.05) is 12.0 Å². The maximum Gasteiger partial charge on any atom is 0.407 e. The lowest BCUT2D eigenvalue weighted by Gasteiger charge is -2.36. The Morgan fingerprint density at radius 1 is 1.13 bits per heavy atom. The Balaban J connectivity index is 2.49. The summed E-state index contributed by atoms with van der Waals surface area (Å²) in [4.78, 5) is 17.0. The number of ether oxygens (including phenoxy) is 1. The number of nitrogens with one attached hydrogen (secondary N) is 1. The second-order valence-electron chi connectivity index (χ2n) is 11.8. The average Bonchev–Trinajstić information content (AvgIpc) is 2.78. The van der Waals surface area contributed by atoms with Gasteiger partial charge in [0.2, 0.25) is 0 Å². The van der Waals surface area contributed by atoms with Crippen LogP contribution in [0.5, 0.6) is 5.75 Å². The average molecular weight is 626 g/mol. The highest BCUT2D eigenvalue weighted by atomic mass is 79.9. The molecule has 0 saturated carbocycles. The molecule has 210 valence electrons. The maximum atomic E-state index is 16.0. The molecule has 0 aliphatic carbocycles. The van der Waals surface area contributed by atoms with Gasteiger partial charge in [-0.05, 0) is 93.0 Å². The summed E-state index contributed by atoms with van der Waals surface area (Å²) >= 11 is 5.13. The van der Waals surface area contributed by atoms with E-state index in [0.717, 1.165) is 22.0 Å². The van der Waals surface area contributed by atoms with Gasteiger partial charge in [0.05, 0.1) is 11.4 Å². The van der Waals surface area contributed by atoms with Crippen LogP contribution in [0.3, 0.4) is 0 Å². The number of benzene rings is 2. The molecule has 5 nitrogen and oxygen atoms in total. The minimum Gasteiger partial charge on any atom is -0.542 e. The number of rotatable bonds is 9. The smallest absolute Gasteiger partial charge is 0.407 e. The lowest BCUT2D eigenvalue weighted by molar-refractivity contribution is 0.0523. The lowest BCUT2D eigenvalue weighted by atomic mass is 10.0. The van der Waals surface area contributed by atoms with Crippen LogP contribution in [0.2, 0.25) is 18.1 Å². The van der Waals surface area contributed by atoms with Crippen molar-refractivity contribution < 1.29 is 18.3 Å². The van der Waals surface area contributed by atoms with Gasteiger partial charge in [0.15, 0.2) is 5.82 Å². The largest absolute Gasteiger partial charge is 0.542 e. The second-order valence-corrected chi connectivity index (χ2v) is 18.2. The standard InChI is InChI=1S/C29H42BrFN2O3SSi/c1-11-19-14-22(26(31)25(15-19)36-38(9,10)29(5,6)7)24(18-37-8)33-21-12-13-23(30)20(16-21)17-32-27(34)35-28(2,3)4/h12-16H,11,17-18H2,1-10H3,(H,32,34). The number of thioether (sulfide) groups is 1. The highest BCUT2D eigenvalue weighted by Gasteiger charge is 2.39. The number of carbonyl (C=O) groups excluding carboxylic acids is 1. The molecule has 2 rings (SSSR count). The van der Waals surface area contributed by atoms with E-state index in [-0.39, 0.29) is 17.4 Å². The Morgan fingerprint density at radius 2 is 1.79 bits per heavy atom. The van der Waals surface area contributed by atoms with Crippen LogP contribution in [0.25, 0.3) is 0 Å². The first-order valence-corrected chi connectivity index (χ1v) is 17.9. The number of hydrogen-bond acceptors (Lipinski definition) is 5. The molecule has 0 atom stereocenters. The number of nitrogens with zero attached hydrogens (tertiary/aromatic N) is 1. The summed E-state index contributed by atoms with van der Waals surface area (Å²) in [5.74, 6) is 0.465. The first-order valence-electron chi connectivity index (χ1n) is 12.8. The van der Waals surface area contributed by atoms with Crippen LogP contribution in [0, 0.1) is 5.82 Å². The predicted molar refractivity (Wildman–Crippen MR) is 165 cm³/mol. The Kier molecular flexibility index (Phi) is 11.1. The highest BCUT2D eigenvalue weighted by molar-refractivity contribution is 9.10. The maximum absolute atomic E-state index is 16.0. The summed E-state index contributed by atoms with van der Waals surface area (Å²) in [6.45, 7) is 18.5. The van der Waals surface area contributed by atoms with Crippen molar-refractivity contribution in [3.63, 3.8) is 0 Å². The third kappa shape index (κ3) is 9.12. The third-order valence-electron chi connectivity index (χ3n) is 6.39. The van der Waals surface area contributed by atoms with Crippen LogP contribution in [0.4, 0.5) is 14.9 Å². The molecule has 2 aromatic carbocycles. The van der Waals surface area contributed by atoms with Gasteiger partial charge >= 0.3 is 6.09 Å². The van der Waals surface area contributed by atoms with Crippen molar-refractivity contribution in [3.05, 3.63) is 57.3 Å². The first-order chi connectivity index (χ1) is 17.5. The molecule has 1 amide bonds. The first kappa shape index (κ1) is 32.4. The normalized spacial score (nSPS) is 12.9. The van der Waals surface area contributed by atoms with Crippen molar-refractivity contribution in [3.8, 4) is 5.75 Å². The van der Waals surface area contributed by atoms with Crippen molar-refractivity contribution in [1.82, 2.24) is 5.32 Å². The molecule has 0 heterocycles. The molecule has 0 fully saturated rings. The molecule has 9 heteroatoms. The van der Waals surface area contributed by atoms with E-state index < -0.39 is 20.0 Å². The Labute approximate surface area is 241 Å². The van der Waals surface area contributed by atoms with E-state index in [1.54, 1.807) is 11.8 Å². The summed E-state index contributed by atoms with van der Waals surface area (Å²) in [6.07, 6.45) is 2.24. The van der Waals surface area contributed by atoms with Gasteiger partial charge in [-0.1, -0.05) is 43.6 Å². The van der Waals surface area contributed by atoms with Crippen LogP contribution in [-0.4, -0.2) is 37.7 Å². The molecule has 0 unspecified atom stereocenters. The fraction of sp³-hybridized carbons (Fsp3) is 0.517. The molecule has 0 bridgehead atoms. The number of aliphatic imine (C=N–C) groups is 1. The van der Waals surface area contributed by atoms with Gasteiger partial charge in [-0.25, -0.2) is 9.18 Å². The predicted octanol–water partition coefficient (Wildman–Crippen LogP) is 9.04. The molecule has 38 heavy (non-hydrogen) atoms. The van der Waals surface area contributed by atoms with E-state index in [4.69, 9.17) is 14.2 Å². The van der Waals surface area contributed by atoms with E-state index in [1.165, 1.54) is 0 Å². The fourth-order valence-corrected chi connectivity index (χ4v) is 5.17. The van der Waals surface area contributed by atoms with E-state index in [1.807, 2.05) is 57.4 Å². The van der Waals surface area contributed by atoms with Crippen LogP contribution in [-0.2, 0) is 17.7 Å². The molecular weight excluding hydrogens is 583 g/mol. The van der Waals surface area contributed by atoms with Gasteiger partial charge in [-0.15, -0.1) is 0 Å². The zero-order valence-corrected chi connectivity index (χ0v) is 27.7. The zero-order chi connectivity index (χ0) is 28.9. The van der Waals surface area contributed by atoms with Crippen LogP contribution in [0.1, 0.15) is 65.2 Å². The van der Waals surface area contributed by atoms with Crippen molar-refractivity contribution in [1.29, 1.82) is 0 Å². The summed E-state index contributed by atoms with van der Waals surface area (Å²) in [6, 6.07) is 9.35. The number of aryl methyl sites for hydroxylation is 1. The molecular formula is C29H42BrFN2O3SSi. The number of halogens is 2. The summed E-state index contributed by atoms with van der Waals surface area (Å²) in [7, 11) is -2.25. The summed E-state index contributed by atoms with van der Waals surface area (Å²) < 4.78 is 28.6. The van der Waals surface area contributed by atoms with Crippen molar-refractivity contribution in [2.45, 2.75) is 85.2 Å². The van der Waals surface area contributed by atoms with Gasteiger partial charge in [-0.3, -0.25) is 4.99 Å². The van der Waals surface area contributed by atoms with Crippen molar-refractivity contribution in [2.24, 2.45) is 4.99 Å². The molecule has 0 aliphatic rings. The Bertz CT molecular complexity index is 1170. The van der Waals surface area contributed by atoms with E-state index in [9.17, 15) is 4.79 Å². The molecule has 0 spiro atoms. The van der Waals surface area contributed by atoms with E-state index in [2.05, 4.69) is 62.0 Å². The lowest BCUT2D eigenvalue weighted by Crippen LogP contribution is -2.44. The van der Waals surface area contributed by atoms with Gasteiger partial charge in [0.25, 0.3) is 8.32 Å². The molecule has 0 aliphatic heterocycles. The van der Waals surface area contributed by atoms with E-state index >= 15 is 4.39 Å². The SMILES string of the molecule is CCc1cc(O[Si](C)(C)C(C)(C)C)c(F)c(C(CSC)=Nc2ccc(Br)c(CNC(=O)OC(C)(C)C)c2)c1. The van der Waals surface area contributed by atoms with Gasteiger partial charge < -0.3 is 14.5 Å². The number of amides is 1. The molecule has 0 saturated heterocycles. The monoisotopic (exact) mass is 624 g/mol. The van der Waals surface area contributed by atoms with Gasteiger partial charge in [-0.2, -0.15) is 11.8 Å². The topological polar surface area (TPSA) is 59.9 Å². The molecule has 1 N–H and O–H groups in total. The number of carbonyl (C=O) groups is 1. The van der Waals surface area contributed by atoms with Crippen LogP contribution >= 0.6 is 27.7 Å². The molecule has 0 aromatic heterocycles. The Hall–Kier alpha value is -1.84. The van der Waals surface area contributed by atoms with Crippen LogP contribution in [0.15, 0.2) is 39.8 Å². The van der Waals surface area contributed by atoms with Crippen molar-refractivity contribution >= 4 is 53.5 Å². The number of alkyl carbamates (subject to hydrolysis) is 1. The molecule has 2 aromatic rings. The minimum absolute atomic E-state index is 0.0564. The number of hydrogen-bond donors (Lipinski definition) is 1. The van der Waals surface area contributed by atoms with Crippen LogP contribution < -0.4 is 9.74 Å². The minimum atomic E-state index is -2.25. The Morgan fingerprint density at radius 3 is 2.34 bits per heavy atom. The summed E-state index contributed by atoms with van der Waals surface area (Å²) in [5, 5.41) is 2.73. The fourth-order valence-electron chi connectivity index (χ4n) is 3.28. The quantitative estimate of drug-likeness (QED) is 0.223. The van der Waals surface area contributed by atoms with E-state index in [0.29, 0.717) is 28.5 Å².